The van der Waals surface area contributed by atoms with Gasteiger partial charge >= 0.3 is 0 Å². The van der Waals surface area contributed by atoms with Crippen molar-refractivity contribution in [3.63, 3.8) is 0 Å². The zero-order valence-electron chi connectivity index (χ0n) is 9.30. The van der Waals surface area contributed by atoms with E-state index in [-0.39, 0.29) is 6.10 Å². The highest BCUT2D eigenvalue weighted by atomic mass is 79.9. The van der Waals surface area contributed by atoms with Crippen molar-refractivity contribution >= 4 is 37.5 Å². The number of rotatable bonds is 5. The van der Waals surface area contributed by atoms with Crippen molar-refractivity contribution in [1.29, 1.82) is 0 Å². The number of nitrogen functional groups attached to an aromatic ring is 1. The van der Waals surface area contributed by atoms with Crippen LogP contribution in [0, 0.1) is 0 Å². The second kappa shape index (κ2) is 6.47. The first-order valence-electron chi connectivity index (χ1n) is 4.99. The number of hydrogen-bond acceptors (Lipinski definition) is 3. The van der Waals surface area contributed by atoms with Gasteiger partial charge in [0.1, 0.15) is 12.4 Å². The van der Waals surface area contributed by atoms with E-state index in [1.165, 1.54) is 0 Å². The molecule has 0 radical (unpaired) electrons. The average Bonchev–Trinajstić information content (AvgIpc) is 2.14. The lowest BCUT2D eigenvalue weighted by atomic mass is 10.3. The lowest BCUT2D eigenvalue weighted by Gasteiger charge is -2.12. The van der Waals surface area contributed by atoms with Gasteiger partial charge in [0.05, 0.1) is 21.7 Å². The molecule has 0 aromatic heterocycles. The summed E-state index contributed by atoms with van der Waals surface area (Å²) >= 11 is 6.81. The van der Waals surface area contributed by atoms with E-state index in [2.05, 4.69) is 31.9 Å². The maximum Gasteiger partial charge on any atom is 0.147 e. The van der Waals surface area contributed by atoms with Crippen LogP contribution in [0.5, 0.6) is 5.75 Å². The Kier molecular flexibility index (Phi) is 5.58. The Bertz CT molecular complexity index is 333. The average molecular weight is 353 g/mol. The number of benzene rings is 1. The van der Waals surface area contributed by atoms with Crippen LogP contribution in [0.15, 0.2) is 21.1 Å². The summed E-state index contributed by atoms with van der Waals surface area (Å²) in [5, 5.41) is 0. The molecule has 0 aliphatic carbocycles. The summed E-state index contributed by atoms with van der Waals surface area (Å²) in [6, 6.07) is 3.62. The van der Waals surface area contributed by atoms with E-state index >= 15 is 0 Å². The third-order valence-electron chi connectivity index (χ3n) is 1.80. The molecule has 0 atom stereocenters. The van der Waals surface area contributed by atoms with Crippen molar-refractivity contribution < 1.29 is 9.47 Å². The van der Waals surface area contributed by atoms with Gasteiger partial charge in [-0.05, 0) is 57.8 Å². The highest BCUT2D eigenvalue weighted by Gasteiger charge is 2.07. The van der Waals surface area contributed by atoms with E-state index in [0.29, 0.717) is 18.9 Å². The maximum atomic E-state index is 5.68. The molecule has 0 aliphatic rings. The summed E-state index contributed by atoms with van der Waals surface area (Å²) in [4.78, 5) is 0. The van der Waals surface area contributed by atoms with Crippen molar-refractivity contribution in [3.8, 4) is 5.75 Å². The molecule has 5 heteroatoms. The van der Waals surface area contributed by atoms with Gasteiger partial charge in [-0.25, -0.2) is 0 Å². The van der Waals surface area contributed by atoms with Gasteiger partial charge in [0, 0.05) is 5.69 Å². The zero-order chi connectivity index (χ0) is 12.1. The first-order chi connectivity index (χ1) is 7.50. The topological polar surface area (TPSA) is 44.5 Å². The van der Waals surface area contributed by atoms with Gasteiger partial charge in [0.15, 0.2) is 0 Å². The van der Waals surface area contributed by atoms with Crippen molar-refractivity contribution in [2.24, 2.45) is 0 Å². The molecule has 1 aromatic carbocycles. The largest absolute Gasteiger partial charge is 0.489 e. The molecule has 16 heavy (non-hydrogen) atoms. The van der Waals surface area contributed by atoms with Crippen molar-refractivity contribution in [1.82, 2.24) is 0 Å². The van der Waals surface area contributed by atoms with Crippen LogP contribution in [0.1, 0.15) is 13.8 Å². The number of anilines is 1. The number of ether oxygens (including phenoxy) is 2. The van der Waals surface area contributed by atoms with Crippen LogP contribution >= 0.6 is 31.9 Å². The Morgan fingerprint density at radius 1 is 1.19 bits per heavy atom. The van der Waals surface area contributed by atoms with Crippen LogP contribution in [0.2, 0.25) is 0 Å². The number of halogens is 2. The van der Waals surface area contributed by atoms with Crippen LogP contribution in [0.4, 0.5) is 5.69 Å². The third-order valence-corrected chi connectivity index (χ3v) is 2.98. The Labute approximate surface area is 113 Å². The summed E-state index contributed by atoms with van der Waals surface area (Å²) < 4.78 is 12.7. The van der Waals surface area contributed by atoms with Gasteiger partial charge in [-0.2, -0.15) is 0 Å². The molecule has 0 aliphatic heterocycles. The summed E-state index contributed by atoms with van der Waals surface area (Å²) in [5.41, 5.74) is 6.37. The van der Waals surface area contributed by atoms with Crippen molar-refractivity contribution in [2.75, 3.05) is 18.9 Å². The van der Waals surface area contributed by atoms with Gasteiger partial charge in [0.2, 0.25) is 0 Å². The van der Waals surface area contributed by atoms with E-state index in [1.807, 2.05) is 26.0 Å². The predicted molar refractivity (Wildman–Crippen MR) is 72.8 cm³/mol. The third kappa shape index (κ3) is 4.31. The fraction of sp³-hybridized carbons (Fsp3) is 0.455. The van der Waals surface area contributed by atoms with E-state index in [0.717, 1.165) is 14.7 Å². The van der Waals surface area contributed by atoms with Gasteiger partial charge in [-0.1, -0.05) is 0 Å². The molecule has 1 rings (SSSR count). The predicted octanol–water partition coefficient (Wildman–Crippen LogP) is 3.60. The standard InChI is InChI=1S/C11H15Br2NO2/c1-7(2)15-3-4-16-11-9(12)5-8(14)6-10(11)13/h5-7H,3-4,14H2,1-2H3. The SMILES string of the molecule is CC(C)OCCOc1c(Br)cc(N)cc1Br. The number of nitrogens with two attached hydrogens (primary N) is 1. The van der Waals surface area contributed by atoms with E-state index < -0.39 is 0 Å². The summed E-state index contributed by atoms with van der Waals surface area (Å²) in [6.07, 6.45) is 0.224. The summed E-state index contributed by atoms with van der Waals surface area (Å²) in [5.74, 6) is 0.751. The number of hydrogen-bond donors (Lipinski definition) is 1. The quantitative estimate of drug-likeness (QED) is 0.650. The van der Waals surface area contributed by atoms with Gasteiger partial charge < -0.3 is 15.2 Å². The molecular formula is C11H15Br2NO2. The molecule has 0 bridgehead atoms. The Hall–Kier alpha value is -0.260. The first-order valence-corrected chi connectivity index (χ1v) is 6.58. The van der Waals surface area contributed by atoms with E-state index in [9.17, 15) is 0 Å². The maximum absolute atomic E-state index is 5.68. The van der Waals surface area contributed by atoms with Crippen LogP contribution in [-0.2, 0) is 4.74 Å². The molecule has 0 heterocycles. The Morgan fingerprint density at radius 2 is 1.75 bits per heavy atom. The second-order valence-electron chi connectivity index (χ2n) is 3.58. The molecule has 2 N–H and O–H groups in total. The zero-order valence-corrected chi connectivity index (χ0v) is 12.5. The molecule has 1 aromatic rings. The summed E-state index contributed by atoms with van der Waals surface area (Å²) in [7, 11) is 0. The normalized spacial score (nSPS) is 10.8. The van der Waals surface area contributed by atoms with Crippen molar-refractivity contribution in [3.05, 3.63) is 21.1 Å². The second-order valence-corrected chi connectivity index (χ2v) is 5.29. The molecular weight excluding hydrogens is 338 g/mol. The summed E-state index contributed by atoms with van der Waals surface area (Å²) in [6.45, 7) is 5.07. The Balaban J connectivity index is 2.54. The van der Waals surface area contributed by atoms with Crippen molar-refractivity contribution in [2.45, 2.75) is 20.0 Å². The molecule has 90 valence electrons. The molecule has 3 nitrogen and oxygen atoms in total. The molecule has 0 spiro atoms. The van der Waals surface area contributed by atoms with Gasteiger partial charge in [0.25, 0.3) is 0 Å². The van der Waals surface area contributed by atoms with Crippen LogP contribution in [-0.4, -0.2) is 19.3 Å². The fourth-order valence-corrected chi connectivity index (χ4v) is 2.60. The highest BCUT2D eigenvalue weighted by molar-refractivity contribution is 9.11. The minimum absolute atomic E-state index is 0.224. The van der Waals surface area contributed by atoms with Crippen LogP contribution in [0.3, 0.4) is 0 Å². The molecule has 0 saturated heterocycles. The molecule has 0 fully saturated rings. The molecule has 0 saturated carbocycles. The molecule has 0 amide bonds. The smallest absolute Gasteiger partial charge is 0.147 e. The van der Waals surface area contributed by atoms with Crippen LogP contribution in [0.25, 0.3) is 0 Å². The first kappa shape index (κ1) is 13.8. The minimum atomic E-state index is 0.224. The van der Waals surface area contributed by atoms with Crippen LogP contribution < -0.4 is 10.5 Å². The molecule has 0 unspecified atom stereocenters. The minimum Gasteiger partial charge on any atom is -0.489 e. The van der Waals surface area contributed by atoms with Gasteiger partial charge in [-0.15, -0.1) is 0 Å². The van der Waals surface area contributed by atoms with E-state index in [4.69, 9.17) is 15.2 Å². The lowest BCUT2D eigenvalue weighted by Crippen LogP contribution is -2.11. The highest BCUT2D eigenvalue weighted by Crippen LogP contribution is 2.35. The van der Waals surface area contributed by atoms with Gasteiger partial charge in [-0.3, -0.25) is 0 Å². The Morgan fingerprint density at radius 3 is 2.25 bits per heavy atom. The monoisotopic (exact) mass is 351 g/mol. The lowest BCUT2D eigenvalue weighted by molar-refractivity contribution is 0.0549. The van der Waals surface area contributed by atoms with E-state index in [1.54, 1.807) is 0 Å². The fourth-order valence-electron chi connectivity index (χ4n) is 1.14.